The van der Waals surface area contributed by atoms with E-state index in [-0.39, 0.29) is 28.5 Å². The number of hydrogen-bond acceptors (Lipinski definition) is 8. The van der Waals surface area contributed by atoms with Gasteiger partial charge in [-0.25, -0.2) is 10.4 Å². The smallest absolute Gasteiger partial charge is 0.282 e. The minimum Gasteiger partial charge on any atom is -0.504 e. The molecule has 10 nitrogen and oxygen atoms in total. The third-order valence-electron chi connectivity index (χ3n) is 3.63. The molecule has 1 amide bonds. The molecule has 2 aromatic carbocycles. The van der Waals surface area contributed by atoms with E-state index >= 15 is 0 Å². The minimum absolute atomic E-state index is 0.0218. The Morgan fingerprint density at radius 2 is 2.25 bits per heavy atom. The number of nitro benzene ring substituents is 1. The van der Waals surface area contributed by atoms with Crippen LogP contribution in [0.15, 0.2) is 46.7 Å². The van der Waals surface area contributed by atoms with E-state index in [1.165, 1.54) is 18.9 Å². The van der Waals surface area contributed by atoms with Crippen LogP contribution >= 0.6 is 11.8 Å². The van der Waals surface area contributed by atoms with E-state index in [1.807, 2.05) is 24.3 Å². The summed E-state index contributed by atoms with van der Waals surface area (Å²) in [4.78, 5) is 29.9. The average molecular weight is 401 g/mol. The number of nitrogens with one attached hydrogen (secondary N) is 2. The Bertz CT molecular complexity index is 1030. The summed E-state index contributed by atoms with van der Waals surface area (Å²) in [5.74, 6) is -0.675. The lowest BCUT2D eigenvalue weighted by Gasteiger charge is -2.05. The van der Waals surface area contributed by atoms with Gasteiger partial charge in [-0.1, -0.05) is 23.9 Å². The summed E-state index contributed by atoms with van der Waals surface area (Å²) in [5.41, 5.74) is 3.66. The molecule has 11 heteroatoms. The van der Waals surface area contributed by atoms with Gasteiger partial charge in [0.1, 0.15) is 0 Å². The zero-order valence-corrected chi connectivity index (χ0v) is 15.4. The molecule has 0 saturated carbocycles. The lowest BCUT2D eigenvalue weighted by Crippen LogP contribution is -2.19. The Labute approximate surface area is 162 Å². The van der Waals surface area contributed by atoms with Crippen molar-refractivity contribution in [2.24, 2.45) is 5.10 Å². The van der Waals surface area contributed by atoms with Crippen LogP contribution < -0.4 is 10.2 Å². The first-order valence-electron chi connectivity index (χ1n) is 7.92. The maximum absolute atomic E-state index is 11.9. The SMILES string of the molecule is COc1cc([N+](=O)[O-])c(/C=N\NC(=O)CSc2nc3ccccc3[nH]2)cc1O. The van der Waals surface area contributed by atoms with Crippen molar-refractivity contribution in [1.29, 1.82) is 0 Å². The number of carbonyl (C=O) groups excluding carboxylic acids is 1. The normalized spacial score (nSPS) is 11.0. The quantitative estimate of drug-likeness (QED) is 0.239. The number of imidazole rings is 1. The van der Waals surface area contributed by atoms with Crippen LogP contribution in [0, 0.1) is 10.1 Å². The number of carbonyl (C=O) groups is 1. The highest BCUT2D eigenvalue weighted by Crippen LogP contribution is 2.32. The van der Waals surface area contributed by atoms with Crippen LogP contribution in [0.4, 0.5) is 5.69 Å². The molecule has 0 unspecified atom stereocenters. The Hall–Kier alpha value is -3.60. The maximum Gasteiger partial charge on any atom is 0.282 e. The lowest BCUT2D eigenvalue weighted by molar-refractivity contribution is -0.385. The van der Waals surface area contributed by atoms with E-state index in [0.717, 1.165) is 29.4 Å². The molecule has 28 heavy (non-hydrogen) atoms. The van der Waals surface area contributed by atoms with E-state index in [4.69, 9.17) is 4.74 Å². The van der Waals surface area contributed by atoms with Gasteiger partial charge >= 0.3 is 0 Å². The molecule has 0 aliphatic heterocycles. The second kappa shape index (κ2) is 8.39. The summed E-state index contributed by atoms with van der Waals surface area (Å²) in [6.07, 6.45) is 1.08. The number of nitro groups is 1. The standard InChI is InChI=1S/C17H15N5O5S/c1-27-15-7-13(22(25)26)10(6-14(15)23)8-18-21-16(24)9-28-17-19-11-4-2-3-5-12(11)20-17/h2-8,23H,9H2,1H3,(H,19,20)(H,21,24)/b18-8-. The Balaban J connectivity index is 1.61. The van der Waals surface area contributed by atoms with Crippen LogP contribution in [-0.2, 0) is 4.79 Å². The van der Waals surface area contributed by atoms with Gasteiger partial charge < -0.3 is 14.8 Å². The van der Waals surface area contributed by atoms with Crippen molar-refractivity contribution in [3.8, 4) is 11.5 Å². The van der Waals surface area contributed by atoms with Crippen molar-refractivity contribution in [3.63, 3.8) is 0 Å². The fourth-order valence-electron chi connectivity index (χ4n) is 2.34. The van der Waals surface area contributed by atoms with Crippen LogP contribution in [0.2, 0.25) is 0 Å². The number of aromatic amines is 1. The number of amides is 1. The molecule has 0 atom stereocenters. The van der Waals surface area contributed by atoms with Gasteiger partial charge in [0.2, 0.25) is 0 Å². The van der Waals surface area contributed by atoms with Crippen molar-refractivity contribution in [3.05, 3.63) is 52.1 Å². The highest BCUT2D eigenvalue weighted by Gasteiger charge is 2.17. The van der Waals surface area contributed by atoms with Gasteiger partial charge in [0, 0.05) is 0 Å². The number of fused-ring (bicyclic) bond motifs is 1. The number of rotatable bonds is 7. The number of benzene rings is 2. The molecule has 0 aliphatic rings. The van der Waals surface area contributed by atoms with Crippen LogP contribution in [0.25, 0.3) is 11.0 Å². The van der Waals surface area contributed by atoms with Gasteiger partial charge in [-0.15, -0.1) is 0 Å². The second-order valence-electron chi connectivity index (χ2n) is 5.48. The number of hydrazone groups is 1. The summed E-state index contributed by atoms with van der Waals surface area (Å²) in [7, 11) is 1.28. The zero-order valence-electron chi connectivity index (χ0n) is 14.6. The predicted octanol–water partition coefficient (Wildman–Crippen LogP) is 2.43. The fraction of sp³-hybridized carbons (Fsp3) is 0.118. The number of H-pyrrole nitrogens is 1. The number of aromatic nitrogens is 2. The molecular formula is C17H15N5O5S. The highest BCUT2D eigenvalue weighted by molar-refractivity contribution is 7.99. The van der Waals surface area contributed by atoms with Crippen molar-refractivity contribution in [1.82, 2.24) is 15.4 Å². The van der Waals surface area contributed by atoms with Crippen LogP contribution in [-0.4, -0.2) is 45.0 Å². The first-order valence-corrected chi connectivity index (χ1v) is 8.91. The summed E-state index contributed by atoms with van der Waals surface area (Å²) in [6.45, 7) is 0. The first kappa shape index (κ1) is 19.2. The lowest BCUT2D eigenvalue weighted by atomic mass is 10.1. The van der Waals surface area contributed by atoms with E-state index < -0.39 is 10.8 Å². The van der Waals surface area contributed by atoms with Gasteiger partial charge in [-0.2, -0.15) is 5.10 Å². The number of phenols is 1. The van der Waals surface area contributed by atoms with Gasteiger partial charge in [0.15, 0.2) is 16.7 Å². The average Bonchev–Trinajstić information content (AvgIpc) is 3.09. The largest absolute Gasteiger partial charge is 0.504 e. The van der Waals surface area contributed by atoms with E-state index in [0.29, 0.717) is 5.16 Å². The summed E-state index contributed by atoms with van der Waals surface area (Å²) in [5, 5.41) is 25.2. The molecule has 0 saturated heterocycles. The summed E-state index contributed by atoms with van der Waals surface area (Å²) >= 11 is 1.20. The second-order valence-corrected chi connectivity index (χ2v) is 6.44. The number of para-hydroxylation sites is 2. The topological polar surface area (TPSA) is 143 Å². The molecule has 1 aromatic heterocycles. The third-order valence-corrected chi connectivity index (χ3v) is 4.50. The number of methoxy groups -OCH3 is 1. The molecule has 1 heterocycles. The molecule has 0 bridgehead atoms. The van der Waals surface area contributed by atoms with Gasteiger partial charge in [-0.3, -0.25) is 14.9 Å². The van der Waals surface area contributed by atoms with Crippen molar-refractivity contribution < 1.29 is 19.6 Å². The molecule has 0 aliphatic carbocycles. The van der Waals surface area contributed by atoms with Crippen LogP contribution in [0.3, 0.4) is 0 Å². The number of thioether (sulfide) groups is 1. The molecule has 0 radical (unpaired) electrons. The Morgan fingerprint density at radius 3 is 2.96 bits per heavy atom. The van der Waals surface area contributed by atoms with Crippen molar-refractivity contribution in [2.75, 3.05) is 12.9 Å². The fourth-order valence-corrected chi connectivity index (χ4v) is 3.01. The van der Waals surface area contributed by atoms with Crippen molar-refractivity contribution >= 4 is 40.6 Å². The Morgan fingerprint density at radius 1 is 1.46 bits per heavy atom. The van der Waals surface area contributed by atoms with E-state index in [1.54, 1.807) is 0 Å². The zero-order chi connectivity index (χ0) is 20.1. The van der Waals surface area contributed by atoms with E-state index in [9.17, 15) is 20.0 Å². The maximum atomic E-state index is 11.9. The van der Waals surface area contributed by atoms with Gasteiger partial charge in [-0.05, 0) is 18.2 Å². The molecular weight excluding hydrogens is 386 g/mol. The predicted molar refractivity (Wildman–Crippen MR) is 104 cm³/mol. The van der Waals surface area contributed by atoms with Crippen LogP contribution in [0.5, 0.6) is 11.5 Å². The molecule has 3 rings (SSSR count). The Kier molecular flexibility index (Phi) is 5.75. The minimum atomic E-state index is -0.636. The third kappa shape index (κ3) is 4.38. The molecule has 0 spiro atoms. The van der Waals surface area contributed by atoms with Crippen LogP contribution in [0.1, 0.15) is 5.56 Å². The molecule has 144 valence electrons. The number of hydrogen-bond donors (Lipinski definition) is 3. The first-order chi connectivity index (χ1) is 13.5. The number of ether oxygens (including phenoxy) is 1. The van der Waals surface area contributed by atoms with Gasteiger partial charge in [0.25, 0.3) is 11.6 Å². The number of aromatic hydroxyl groups is 1. The summed E-state index contributed by atoms with van der Waals surface area (Å²) in [6, 6.07) is 9.71. The summed E-state index contributed by atoms with van der Waals surface area (Å²) < 4.78 is 4.85. The molecule has 0 fully saturated rings. The molecule has 3 N–H and O–H groups in total. The van der Waals surface area contributed by atoms with Gasteiger partial charge in [0.05, 0.1) is 46.7 Å². The molecule has 3 aromatic rings. The highest BCUT2D eigenvalue weighted by atomic mass is 32.2. The van der Waals surface area contributed by atoms with E-state index in [2.05, 4.69) is 20.5 Å². The monoisotopic (exact) mass is 401 g/mol. The van der Waals surface area contributed by atoms with Crippen molar-refractivity contribution in [2.45, 2.75) is 5.16 Å². The number of phenolic OH excluding ortho intramolecular Hbond substituents is 1. The number of nitrogens with zero attached hydrogens (tertiary/aromatic N) is 3.